The lowest BCUT2D eigenvalue weighted by molar-refractivity contribution is -0.0930. The van der Waals surface area contributed by atoms with E-state index >= 15 is 0 Å². The van der Waals surface area contributed by atoms with Crippen LogP contribution >= 0.6 is 0 Å². The van der Waals surface area contributed by atoms with Crippen molar-refractivity contribution in [3.8, 4) is 6.07 Å². The molecule has 24 heavy (non-hydrogen) atoms. The zero-order chi connectivity index (χ0) is 17.7. The molecule has 2 aromatic carbocycles. The quantitative estimate of drug-likeness (QED) is 0.876. The smallest absolute Gasteiger partial charge is 0.395 e. The van der Waals surface area contributed by atoms with Crippen LogP contribution in [0.3, 0.4) is 0 Å². The average Bonchev–Trinajstić information content (AvgIpc) is 2.55. The van der Waals surface area contributed by atoms with Gasteiger partial charge in [0.1, 0.15) is 5.70 Å². The molecule has 0 aromatic heterocycles. The van der Waals surface area contributed by atoms with E-state index in [9.17, 15) is 18.4 Å². The summed E-state index contributed by atoms with van der Waals surface area (Å²) in [6.45, 7) is 1.89. The first-order valence-corrected chi connectivity index (χ1v) is 7.38. The van der Waals surface area contributed by atoms with E-state index < -0.39 is 23.7 Å². The Kier molecular flexibility index (Phi) is 5.30. The van der Waals surface area contributed by atoms with Crippen LogP contribution < -0.4 is 5.73 Å². The zero-order valence-corrected chi connectivity index (χ0v) is 13.1. The van der Waals surface area contributed by atoms with Gasteiger partial charge in [0.2, 0.25) is 0 Å². The van der Waals surface area contributed by atoms with Gasteiger partial charge in [0.25, 0.3) is 0 Å². The second kappa shape index (κ2) is 7.22. The minimum absolute atomic E-state index is 0.614. The van der Waals surface area contributed by atoms with Gasteiger partial charge in [-0.3, -0.25) is 0 Å². The van der Waals surface area contributed by atoms with Crippen molar-refractivity contribution in [1.82, 2.24) is 0 Å². The minimum Gasteiger partial charge on any atom is -0.395 e. The van der Waals surface area contributed by atoms with E-state index in [-0.39, 0.29) is 0 Å². The summed E-state index contributed by atoms with van der Waals surface area (Å²) >= 11 is 0. The Hall–Kier alpha value is -2.74. The predicted octanol–water partition coefficient (Wildman–Crippen LogP) is 4.79. The summed E-state index contributed by atoms with van der Waals surface area (Å²) in [5, 5.41) is 9.58. The Balaban J connectivity index is 2.54. The molecule has 0 heterocycles. The van der Waals surface area contributed by atoms with Gasteiger partial charge in [-0.1, -0.05) is 60.2 Å². The van der Waals surface area contributed by atoms with Crippen LogP contribution in [0.15, 0.2) is 66.4 Å². The fourth-order valence-corrected chi connectivity index (χ4v) is 2.48. The molecule has 0 saturated heterocycles. The monoisotopic (exact) mass is 330 g/mol. The fraction of sp³-hybridized carbons (Fsp3) is 0.211. The predicted molar refractivity (Wildman–Crippen MR) is 87.0 cm³/mol. The van der Waals surface area contributed by atoms with Gasteiger partial charge in [-0.25, -0.2) is 0 Å². The Morgan fingerprint density at radius 3 is 2.12 bits per heavy atom. The molecule has 2 N–H and O–H groups in total. The summed E-state index contributed by atoms with van der Waals surface area (Å²) < 4.78 is 38.6. The first-order valence-electron chi connectivity index (χ1n) is 7.38. The van der Waals surface area contributed by atoms with Crippen molar-refractivity contribution in [3.05, 3.63) is 83.1 Å². The second-order valence-corrected chi connectivity index (χ2v) is 5.57. The minimum atomic E-state index is -4.63. The number of hydrogen-bond donors (Lipinski definition) is 1. The van der Waals surface area contributed by atoms with Gasteiger partial charge in [0.05, 0.1) is 12.0 Å². The van der Waals surface area contributed by atoms with Gasteiger partial charge in [0.15, 0.2) is 0 Å². The number of nitrogens with two attached hydrogens (primary N) is 1. The third-order valence-corrected chi connectivity index (χ3v) is 3.81. The van der Waals surface area contributed by atoms with Crippen molar-refractivity contribution in [1.29, 1.82) is 5.26 Å². The molecular formula is C19H17F3N2. The molecular weight excluding hydrogens is 313 g/mol. The Bertz CT molecular complexity index is 741. The highest BCUT2D eigenvalue weighted by molar-refractivity contribution is 5.38. The third-order valence-electron chi connectivity index (χ3n) is 3.81. The maximum Gasteiger partial charge on any atom is 0.430 e. The van der Waals surface area contributed by atoms with Crippen LogP contribution in [0.25, 0.3) is 0 Å². The van der Waals surface area contributed by atoms with E-state index in [1.165, 1.54) is 0 Å². The standard InChI is InChI=1S/C19H17F3N2/c1-13-7-9-15(10-8-13)16(11-18(24)19(20,21)22)17(12-23)14-5-3-2-4-6-14/h2-11,16-17H,24H2,1H3/b18-11-. The highest BCUT2D eigenvalue weighted by atomic mass is 19.4. The molecule has 0 aliphatic carbocycles. The molecule has 0 radical (unpaired) electrons. The largest absolute Gasteiger partial charge is 0.430 e. The van der Waals surface area contributed by atoms with E-state index in [1.807, 2.05) is 6.92 Å². The molecule has 124 valence electrons. The molecule has 2 aromatic rings. The molecule has 0 saturated carbocycles. The van der Waals surface area contributed by atoms with E-state index in [0.717, 1.165) is 11.6 Å². The molecule has 0 aliphatic heterocycles. The molecule has 0 aliphatic rings. The fourth-order valence-electron chi connectivity index (χ4n) is 2.48. The van der Waals surface area contributed by atoms with Gasteiger partial charge in [0, 0.05) is 5.92 Å². The van der Waals surface area contributed by atoms with Crippen LogP contribution in [0.5, 0.6) is 0 Å². The van der Waals surface area contributed by atoms with E-state index in [0.29, 0.717) is 11.1 Å². The highest BCUT2D eigenvalue weighted by Gasteiger charge is 2.34. The lowest BCUT2D eigenvalue weighted by Crippen LogP contribution is -2.21. The molecule has 0 bridgehead atoms. The van der Waals surface area contributed by atoms with Gasteiger partial charge >= 0.3 is 6.18 Å². The molecule has 2 unspecified atom stereocenters. The van der Waals surface area contributed by atoms with Crippen molar-refractivity contribution in [2.24, 2.45) is 5.73 Å². The number of benzene rings is 2. The molecule has 2 nitrogen and oxygen atoms in total. The summed E-state index contributed by atoms with van der Waals surface area (Å²) in [5.74, 6) is -1.56. The number of rotatable bonds is 4. The van der Waals surface area contributed by atoms with Crippen molar-refractivity contribution >= 4 is 0 Å². The lowest BCUT2D eigenvalue weighted by atomic mass is 9.81. The normalized spacial score (nSPS) is 14.7. The van der Waals surface area contributed by atoms with Crippen LogP contribution in [0, 0.1) is 18.3 Å². The topological polar surface area (TPSA) is 49.8 Å². The summed E-state index contributed by atoms with van der Waals surface area (Å²) in [6, 6.07) is 17.9. The van der Waals surface area contributed by atoms with Crippen molar-refractivity contribution in [3.63, 3.8) is 0 Å². The van der Waals surface area contributed by atoms with Gasteiger partial charge in [-0.15, -0.1) is 0 Å². The summed E-state index contributed by atoms with van der Waals surface area (Å²) in [6.07, 6.45) is -3.69. The van der Waals surface area contributed by atoms with Crippen molar-refractivity contribution < 1.29 is 13.2 Å². The number of alkyl halides is 3. The first-order chi connectivity index (χ1) is 11.3. The molecule has 5 heteroatoms. The average molecular weight is 330 g/mol. The van der Waals surface area contributed by atoms with Crippen LogP contribution in [0.4, 0.5) is 13.2 Å². The first kappa shape index (κ1) is 17.6. The number of hydrogen-bond acceptors (Lipinski definition) is 2. The maximum atomic E-state index is 12.9. The number of aryl methyl sites for hydroxylation is 1. The van der Waals surface area contributed by atoms with E-state index in [4.69, 9.17) is 5.73 Å². The zero-order valence-electron chi connectivity index (χ0n) is 13.1. The second-order valence-electron chi connectivity index (χ2n) is 5.57. The number of nitriles is 1. The number of allylic oxidation sites excluding steroid dienone is 2. The highest BCUT2D eigenvalue weighted by Crippen LogP contribution is 2.36. The summed E-state index contributed by atoms with van der Waals surface area (Å²) in [5.41, 5.74) is 6.27. The van der Waals surface area contributed by atoms with E-state index in [2.05, 4.69) is 6.07 Å². The third kappa shape index (κ3) is 4.17. The Morgan fingerprint density at radius 2 is 1.62 bits per heavy atom. The molecule has 2 atom stereocenters. The van der Waals surface area contributed by atoms with Crippen molar-refractivity contribution in [2.45, 2.75) is 24.9 Å². The molecule has 0 amide bonds. The van der Waals surface area contributed by atoms with Gasteiger partial charge in [-0.05, 0) is 24.1 Å². The SMILES string of the molecule is Cc1ccc(C(/C=C(\N)C(F)(F)F)C(C#N)c2ccccc2)cc1. The lowest BCUT2D eigenvalue weighted by Gasteiger charge is -2.21. The molecule has 2 rings (SSSR count). The molecule has 0 spiro atoms. The molecule has 0 fully saturated rings. The van der Waals surface area contributed by atoms with Crippen LogP contribution in [-0.4, -0.2) is 6.18 Å². The Labute approximate surface area is 139 Å². The van der Waals surface area contributed by atoms with Crippen LogP contribution in [-0.2, 0) is 0 Å². The maximum absolute atomic E-state index is 12.9. The van der Waals surface area contributed by atoms with Gasteiger partial charge in [-0.2, -0.15) is 18.4 Å². The summed E-state index contributed by atoms with van der Waals surface area (Å²) in [7, 11) is 0. The summed E-state index contributed by atoms with van der Waals surface area (Å²) in [4.78, 5) is 0. The van der Waals surface area contributed by atoms with Crippen LogP contribution in [0.2, 0.25) is 0 Å². The van der Waals surface area contributed by atoms with E-state index in [1.54, 1.807) is 54.6 Å². The van der Waals surface area contributed by atoms with Crippen LogP contribution in [0.1, 0.15) is 28.5 Å². The van der Waals surface area contributed by atoms with Crippen molar-refractivity contribution in [2.75, 3.05) is 0 Å². The van der Waals surface area contributed by atoms with Gasteiger partial charge < -0.3 is 5.73 Å². The Morgan fingerprint density at radius 1 is 1.04 bits per heavy atom. The number of halogens is 3. The number of nitrogens with zero attached hydrogens (tertiary/aromatic N) is 1.